The van der Waals surface area contributed by atoms with Gasteiger partial charge in [0.2, 0.25) is 0 Å². The monoisotopic (exact) mass is 172 g/mol. The summed E-state index contributed by atoms with van der Waals surface area (Å²) in [6.07, 6.45) is 5.00. The van der Waals surface area contributed by atoms with Gasteiger partial charge in [0, 0.05) is 6.42 Å². The van der Waals surface area contributed by atoms with Gasteiger partial charge in [0.05, 0.1) is 6.10 Å². The largest absolute Gasteiger partial charge is 0.393 e. The maximum Gasteiger partial charge on any atom is 0.122 e. The Bertz CT molecular complexity index is 112. The molecular formula is C10H20O2. The molecule has 0 aliphatic rings. The van der Waals surface area contributed by atoms with Crippen LogP contribution >= 0.6 is 0 Å². The van der Waals surface area contributed by atoms with Crippen LogP contribution in [0, 0.1) is 5.92 Å². The highest BCUT2D eigenvalue weighted by Gasteiger charge is 2.08. The van der Waals surface area contributed by atoms with Gasteiger partial charge in [0.25, 0.3) is 0 Å². The molecule has 2 heteroatoms. The second kappa shape index (κ2) is 7.29. The maximum atomic E-state index is 10.1. The van der Waals surface area contributed by atoms with Crippen LogP contribution < -0.4 is 0 Å². The molecule has 0 radical (unpaired) electrons. The maximum absolute atomic E-state index is 10.1. The Labute approximate surface area is 75.0 Å². The van der Waals surface area contributed by atoms with Gasteiger partial charge in [0.15, 0.2) is 0 Å². The van der Waals surface area contributed by atoms with Crippen molar-refractivity contribution in [1.29, 1.82) is 0 Å². The van der Waals surface area contributed by atoms with E-state index in [-0.39, 0.29) is 6.42 Å². The van der Waals surface area contributed by atoms with Gasteiger partial charge >= 0.3 is 0 Å². The first kappa shape index (κ1) is 11.6. The lowest BCUT2D eigenvalue weighted by Gasteiger charge is -2.13. The van der Waals surface area contributed by atoms with Crippen LogP contribution in [0.4, 0.5) is 0 Å². The van der Waals surface area contributed by atoms with E-state index < -0.39 is 6.10 Å². The van der Waals surface area contributed by atoms with Crippen molar-refractivity contribution in [2.75, 3.05) is 0 Å². The predicted molar refractivity (Wildman–Crippen MR) is 50.0 cm³/mol. The minimum Gasteiger partial charge on any atom is -0.393 e. The van der Waals surface area contributed by atoms with Crippen LogP contribution in [0.2, 0.25) is 0 Å². The number of carbonyl (C=O) groups excluding carboxylic acids is 1. The van der Waals surface area contributed by atoms with E-state index in [0.29, 0.717) is 5.92 Å². The lowest BCUT2D eigenvalue weighted by molar-refractivity contribution is -0.109. The Hall–Kier alpha value is -0.370. The number of unbranched alkanes of at least 4 members (excludes halogenated alkanes) is 1. The van der Waals surface area contributed by atoms with Crippen LogP contribution in [0.1, 0.15) is 46.0 Å². The molecule has 0 fully saturated rings. The van der Waals surface area contributed by atoms with Gasteiger partial charge in [-0.15, -0.1) is 0 Å². The molecular weight excluding hydrogens is 152 g/mol. The zero-order valence-corrected chi connectivity index (χ0v) is 8.12. The molecule has 0 heterocycles. The highest BCUT2D eigenvalue weighted by molar-refractivity contribution is 5.49. The summed E-state index contributed by atoms with van der Waals surface area (Å²) in [6, 6.07) is 0. The Morgan fingerprint density at radius 3 is 2.67 bits per heavy atom. The summed E-state index contributed by atoms with van der Waals surface area (Å²) in [6.45, 7) is 4.29. The molecule has 1 N–H and O–H groups in total. The number of aliphatic hydroxyl groups is 1. The van der Waals surface area contributed by atoms with E-state index in [0.717, 1.165) is 19.1 Å². The predicted octanol–water partition coefficient (Wildman–Crippen LogP) is 2.15. The molecule has 0 spiro atoms. The number of carbonyl (C=O) groups is 1. The molecule has 0 aromatic carbocycles. The molecule has 0 aliphatic carbocycles. The van der Waals surface area contributed by atoms with Crippen LogP contribution in [-0.2, 0) is 4.79 Å². The van der Waals surface area contributed by atoms with Crippen LogP contribution in [0.15, 0.2) is 0 Å². The first-order valence-electron chi connectivity index (χ1n) is 4.82. The number of aldehydes is 1. The van der Waals surface area contributed by atoms with Crippen LogP contribution in [0.3, 0.4) is 0 Å². The van der Waals surface area contributed by atoms with Crippen molar-refractivity contribution >= 4 is 6.29 Å². The summed E-state index contributed by atoms with van der Waals surface area (Å²) in [4.78, 5) is 10.1. The van der Waals surface area contributed by atoms with Crippen LogP contribution in [-0.4, -0.2) is 17.5 Å². The summed E-state index contributed by atoms with van der Waals surface area (Å²) in [5.74, 6) is 0.542. The number of aliphatic hydroxyl groups excluding tert-OH is 1. The molecule has 0 rings (SSSR count). The van der Waals surface area contributed by atoms with Crippen molar-refractivity contribution in [1.82, 2.24) is 0 Å². The zero-order valence-electron chi connectivity index (χ0n) is 8.12. The first-order chi connectivity index (χ1) is 5.70. The fraction of sp³-hybridized carbons (Fsp3) is 0.900. The van der Waals surface area contributed by atoms with Gasteiger partial charge in [-0.2, -0.15) is 0 Å². The van der Waals surface area contributed by atoms with Crippen molar-refractivity contribution in [3.8, 4) is 0 Å². The van der Waals surface area contributed by atoms with Crippen LogP contribution in [0.5, 0.6) is 0 Å². The van der Waals surface area contributed by atoms with Gasteiger partial charge < -0.3 is 9.90 Å². The summed E-state index contributed by atoms with van der Waals surface area (Å²) < 4.78 is 0. The van der Waals surface area contributed by atoms with Gasteiger partial charge in [0.1, 0.15) is 6.29 Å². The third-order valence-corrected chi connectivity index (χ3v) is 2.09. The normalized spacial score (nSPS) is 15.6. The van der Waals surface area contributed by atoms with Crippen molar-refractivity contribution < 1.29 is 9.90 Å². The lowest BCUT2D eigenvalue weighted by atomic mass is 9.97. The molecule has 2 unspecified atom stereocenters. The summed E-state index contributed by atoms with van der Waals surface area (Å²) in [5.41, 5.74) is 0. The molecule has 0 aliphatic heterocycles. The van der Waals surface area contributed by atoms with Crippen molar-refractivity contribution in [3.05, 3.63) is 0 Å². The Morgan fingerprint density at radius 2 is 2.17 bits per heavy atom. The number of hydrogen-bond acceptors (Lipinski definition) is 2. The van der Waals surface area contributed by atoms with Gasteiger partial charge in [-0.3, -0.25) is 0 Å². The van der Waals surface area contributed by atoms with Gasteiger partial charge in [-0.1, -0.05) is 33.1 Å². The van der Waals surface area contributed by atoms with E-state index in [4.69, 9.17) is 0 Å². The first-order valence-corrected chi connectivity index (χ1v) is 4.82. The fourth-order valence-corrected chi connectivity index (χ4v) is 1.34. The van der Waals surface area contributed by atoms with Crippen molar-refractivity contribution in [2.45, 2.75) is 52.1 Å². The second-order valence-corrected chi connectivity index (χ2v) is 3.54. The average molecular weight is 172 g/mol. The third kappa shape index (κ3) is 6.35. The molecule has 0 aromatic rings. The average Bonchev–Trinajstić information content (AvgIpc) is 2.01. The summed E-state index contributed by atoms with van der Waals surface area (Å²) >= 11 is 0. The van der Waals surface area contributed by atoms with E-state index in [1.165, 1.54) is 12.8 Å². The highest BCUT2D eigenvalue weighted by Crippen LogP contribution is 2.14. The van der Waals surface area contributed by atoms with Crippen molar-refractivity contribution in [3.63, 3.8) is 0 Å². The molecule has 0 amide bonds. The molecule has 2 nitrogen and oxygen atoms in total. The topological polar surface area (TPSA) is 37.3 Å². The molecule has 0 saturated carbocycles. The van der Waals surface area contributed by atoms with E-state index in [9.17, 15) is 9.90 Å². The van der Waals surface area contributed by atoms with E-state index in [1.54, 1.807) is 0 Å². The molecule has 0 saturated heterocycles. The third-order valence-electron chi connectivity index (χ3n) is 2.09. The zero-order chi connectivity index (χ0) is 9.40. The molecule has 72 valence electrons. The molecule has 12 heavy (non-hydrogen) atoms. The molecule has 0 aromatic heterocycles. The Kier molecular flexibility index (Phi) is 7.06. The Morgan fingerprint density at radius 1 is 1.50 bits per heavy atom. The van der Waals surface area contributed by atoms with Crippen molar-refractivity contribution in [2.24, 2.45) is 5.92 Å². The second-order valence-electron chi connectivity index (χ2n) is 3.54. The standard InChI is InChI=1S/C10H20O2/c1-3-4-5-9(2)8-10(12)6-7-11/h7,9-10,12H,3-6,8H2,1-2H3. The summed E-state index contributed by atoms with van der Waals surface area (Å²) in [7, 11) is 0. The minimum absolute atomic E-state index is 0.288. The SMILES string of the molecule is CCCCC(C)CC(O)CC=O. The van der Waals surface area contributed by atoms with Gasteiger partial charge in [-0.05, 0) is 12.3 Å². The molecule has 2 atom stereocenters. The highest BCUT2D eigenvalue weighted by atomic mass is 16.3. The fourth-order valence-electron chi connectivity index (χ4n) is 1.34. The van der Waals surface area contributed by atoms with Gasteiger partial charge in [-0.25, -0.2) is 0 Å². The summed E-state index contributed by atoms with van der Waals surface area (Å²) in [5, 5.41) is 9.29. The van der Waals surface area contributed by atoms with E-state index >= 15 is 0 Å². The number of hydrogen-bond donors (Lipinski definition) is 1. The lowest BCUT2D eigenvalue weighted by Crippen LogP contribution is -2.12. The smallest absolute Gasteiger partial charge is 0.122 e. The number of rotatable bonds is 7. The van der Waals surface area contributed by atoms with E-state index in [1.807, 2.05) is 0 Å². The Balaban J connectivity index is 3.39. The van der Waals surface area contributed by atoms with Crippen LogP contribution in [0.25, 0.3) is 0 Å². The quantitative estimate of drug-likeness (QED) is 0.597. The minimum atomic E-state index is -0.422. The van der Waals surface area contributed by atoms with E-state index in [2.05, 4.69) is 13.8 Å². The molecule has 0 bridgehead atoms.